The third kappa shape index (κ3) is 5.47. The molecule has 21 heavy (non-hydrogen) atoms. The van der Waals surface area contributed by atoms with Gasteiger partial charge in [0.2, 0.25) is 5.91 Å². The molecule has 1 N–H and O–H groups in total. The highest BCUT2D eigenvalue weighted by Crippen LogP contribution is 2.33. The molecule has 1 aliphatic heterocycles. The first-order chi connectivity index (χ1) is 9.70. The Hall–Kier alpha value is -0.820. The van der Waals surface area contributed by atoms with Crippen molar-refractivity contribution >= 4 is 5.91 Å². The normalized spacial score (nSPS) is 18.8. The Balaban J connectivity index is 2.93. The molecule has 1 rings (SSSR count). The van der Waals surface area contributed by atoms with E-state index in [1.807, 2.05) is 13.8 Å². The van der Waals surface area contributed by atoms with Gasteiger partial charge in [-0.2, -0.15) is 13.2 Å². The van der Waals surface area contributed by atoms with Crippen molar-refractivity contribution in [3.05, 3.63) is 0 Å². The first-order valence-corrected chi connectivity index (χ1v) is 7.26. The molecule has 0 saturated carbocycles. The summed E-state index contributed by atoms with van der Waals surface area (Å²) >= 11 is 0. The van der Waals surface area contributed by atoms with Crippen molar-refractivity contribution in [2.24, 2.45) is 11.3 Å². The second kappa shape index (κ2) is 7.45. The number of carbonyl (C=O) groups is 1. The average molecular weight is 310 g/mol. The SMILES string of the molecule is COCC1(C(=O)N(CC(C)C)CC(F)(F)F)CCNCC1. The summed E-state index contributed by atoms with van der Waals surface area (Å²) in [5, 5.41) is 3.13. The van der Waals surface area contributed by atoms with Crippen molar-refractivity contribution < 1.29 is 22.7 Å². The van der Waals surface area contributed by atoms with Crippen molar-refractivity contribution in [2.75, 3.05) is 39.9 Å². The van der Waals surface area contributed by atoms with Crippen LogP contribution in [0.1, 0.15) is 26.7 Å². The number of ether oxygens (including phenoxy) is 1. The minimum absolute atomic E-state index is 0.0161. The maximum Gasteiger partial charge on any atom is 0.406 e. The molecule has 0 spiro atoms. The number of rotatable bonds is 6. The molecular formula is C14H25F3N2O2. The van der Waals surface area contributed by atoms with Crippen LogP contribution in [0, 0.1) is 11.3 Å². The van der Waals surface area contributed by atoms with Gasteiger partial charge in [0.1, 0.15) is 6.54 Å². The molecule has 124 valence electrons. The van der Waals surface area contributed by atoms with Gasteiger partial charge in [-0.1, -0.05) is 13.8 Å². The van der Waals surface area contributed by atoms with Crippen LogP contribution in [0.3, 0.4) is 0 Å². The van der Waals surface area contributed by atoms with Crippen LogP contribution in [0.25, 0.3) is 0 Å². The fraction of sp³-hybridized carbons (Fsp3) is 0.929. The van der Waals surface area contributed by atoms with Gasteiger partial charge in [-0.3, -0.25) is 4.79 Å². The van der Waals surface area contributed by atoms with E-state index in [-0.39, 0.29) is 19.1 Å². The van der Waals surface area contributed by atoms with Gasteiger partial charge in [0, 0.05) is 13.7 Å². The van der Waals surface area contributed by atoms with Crippen molar-refractivity contribution in [1.82, 2.24) is 10.2 Å². The largest absolute Gasteiger partial charge is 0.406 e. The van der Waals surface area contributed by atoms with E-state index in [1.54, 1.807) is 0 Å². The molecule has 0 aromatic rings. The Morgan fingerprint density at radius 3 is 2.33 bits per heavy atom. The number of amides is 1. The molecule has 0 atom stereocenters. The van der Waals surface area contributed by atoms with Gasteiger partial charge in [0.25, 0.3) is 0 Å². The van der Waals surface area contributed by atoms with Crippen LogP contribution in [-0.4, -0.2) is 56.9 Å². The van der Waals surface area contributed by atoms with Crippen LogP contribution < -0.4 is 5.32 Å². The summed E-state index contributed by atoms with van der Waals surface area (Å²) in [4.78, 5) is 13.7. The molecule has 0 aliphatic carbocycles. The fourth-order valence-corrected chi connectivity index (χ4v) is 2.81. The van der Waals surface area contributed by atoms with Crippen molar-refractivity contribution in [1.29, 1.82) is 0 Å². The van der Waals surface area contributed by atoms with Crippen molar-refractivity contribution in [3.8, 4) is 0 Å². The summed E-state index contributed by atoms with van der Waals surface area (Å²) in [5.74, 6) is -0.450. The van der Waals surface area contributed by atoms with E-state index in [0.29, 0.717) is 25.9 Å². The van der Waals surface area contributed by atoms with Crippen molar-refractivity contribution in [2.45, 2.75) is 32.9 Å². The first-order valence-electron chi connectivity index (χ1n) is 7.26. The summed E-state index contributed by atoms with van der Waals surface area (Å²) in [6, 6.07) is 0. The average Bonchev–Trinajstić information content (AvgIpc) is 2.36. The first kappa shape index (κ1) is 18.2. The number of carbonyl (C=O) groups excluding carboxylic acids is 1. The molecule has 0 aromatic carbocycles. The van der Waals surface area contributed by atoms with Gasteiger partial charge in [-0.15, -0.1) is 0 Å². The second-order valence-corrected chi connectivity index (χ2v) is 6.16. The molecule has 0 radical (unpaired) electrons. The monoisotopic (exact) mass is 310 g/mol. The minimum atomic E-state index is -4.38. The Kier molecular flexibility index (Phi) is 6.46. The molecule has 0 unspecified atom stereocenters. The van der Waals surface area contributed by atoms with Crippen LogP contribution in [0.2, 0.25) is 0 Å². The van der Waals surface area contributed by atoms with Crippen molar-refractivity contribution in [3.63, 3.8) is 0 Å². The van der Waals surface area contributed by atoms with Gasteiger partial charge in [-0.05, 0) is 31.8 Å². The number of hydrogen-bond acceptors (Lipinski definition) is 3. The standard InChI is InChI=1S/C14H25F3N2O2/c1-11(2)8-19(9-14(15,16)17)12(20)13(10-21-3)4-6-18-7-5-13/h11,18H,4-10H2,1-3H3. The third-order valence-electron chi connectivity index (χ3n) is 3.68. The Morgan fingerprint density at radius 1 is 1.33 bits per heavy atom. The Morgan fingerprint density at radius 2 is 1.90 bits per heavy atom. The summed E-state index contributed by atoms with van der Waals surface area (Å²) in [7, 11) is 1.48. The maximum absolute atomic E-state index is 12.8. The molecule has 0 bridgehead atoms. The molecule has 1 aliphatic rings. The lowest BCUT2D eigenvalue weighted by Crippen LogP contribution is -2.54. The third-order valence-corrected chi connectivity index (χ3v) is 3.68. The highest BCUT2D eigenvalue weighted by Gasteiger charge is 2.44. The van der Waals surface area contributed by atoms with Gasteiger partial charge < -0.3 is 15.0 Å². The molecule has 1 heterocycles. The molecule has 4 nitrogen and oxygen atoms in total. The lowest BCUT2D eigenvalue weighted by atomic mass is 9.78. The smallest absolute Gasteiger partial charge is 0.384 e. The van der Waals surface area contributed by atoms with Crippen LogP contribution in [0.15, 0.2) is 0 Å². The van der Waals surface area contributed by atoms with E-state index in [9.17, 15) is 18.0 Å². The topological polar surface area (TPSA) is 41.6 Å². The molecule has 7 heteroatoms. The number of nitrogens with one attached hydrogen (secondary N) is 1. The van der Waals surface area contributed by atoms with E-state index in [1.165, 1.54) is 7.11 Å². The maximum atomic E-state index is 12.8. The zero-order chi connectivity index (χ0) is 16.1. The second-order valence-electron chi connectivity index (χ2n) is 6.16. The number of piperidine rings is 1. The minimum Gasteiger partial charge on any atom is -0.384 e. The quantitative estimate of drug-likeness (QED) is 0.816. The van der Waals surface area contributed by atoms with Gasteiger partial charge in [0.05, 0.1) is 12.0 Å². The van der Waals surface area contributed by atoms with Gasteiger partial charge in [-0.25, -0.2) is 0 Å². The summed E-state index contributed by atoms with van der Waals surface area (Å²) < 4.78 is 43.4. The Labute approximate surface area is 124 Å². The highest BCUT2D eigenvalue weighted by atomic mass is 19.4. The van der Waals surface area contributed by atoms with E-state index in [0.717, 1.165) is 4.90 Å². The summed E-state index contributed by atoms with van der Waals surface area (Å²) in [5.41, 5.74) is -0.833. The zero-order valence-corrected chi connectivity index (χ0v) is 12.9. The van der Waals surface area contributed by atoms with Crippen LogP contribution in [-0.2, 0) is 9.53 Å². The van der Waals surface area contributed by atoms with E-state index < -0.39 is 24.0 Å². The molecule has 1 fully saturated rings. The lowest BCUT2D eigenvalue weighted by molar-refractivity contribution is -0.172. The zero-order valence-electron chi connectivity index (χ0n) is 12.9. The van der Waals surface area contributed by atoms with Gasteiger partial charge in [0.15, 0.2) is 0 Å². The van der Waals surface area contributed by atoms with E-state index in [4.69, 9.17) is 4.74 Å². The van der Waals surface area contributed by atoms with Crippen LogP contribution >= 0.6 is 0 Å². The number of hydrogen-bond donors (Lipinski definition) is 1. The molecular weight excluding hydrogens is 285 g/mol. The summed E-state index contributed by atoms with van der Waals surface area (Å²) in [6.07, 6.45) is -3.37. The predicted octanol–water partition coefficient (Wildman–Crippen LogP) is 2.05. The number of nitrogens with zero attached hydrogens (tertiary/aromatic N) is 1. The predicted molar refractivity (Wildman–Crippen MR) is 73.9 cm³/mol. The van der Waals surface area contributed by atoms with Crippen LogP contribution in [0.5, 0.6) is 0 Å². The van der Waals surface area contributed by atoms with E-state index in [2.05, 4.69) is 5.32 Å². The molecule has 0 aromatic heterocycles. The highest BCUT2D eigenvalue weighted by molar-refractivity contribution is 5.83. The number of halogens is 3. The lowest BCUT2D eigenvalue weighted by Gasteiger charge is -2.40. The van der Waals surface area contributed by atoms with E-state index >= 15 is 0 Å². The molecule has 1 saturated heterocycles. The number of alkyl halides is 3. The number of methoxy groups -OCH3 is 1. The molecule has 1 amide bonds. The van der Waals surface area contributed by atoms with Crippen LogP contribution in [0.4, 0.5) is 13.2 Å². The fourth-order valence-electron chi connectivity index (χ4n) is 2.81. The summed E-state index contributed by atoms with van der Waals surface area (Å²) in [6.45, 7) is 3.94. The van der Waals surface area contributed by atoms with Gasteiger partial charge >= 0.3 is 6.18 Å². The Bertz CT molecular complexity index is 334.